The standard InChI is InChI=1S/C31H38BrN3O2.ClH/c32-27-10-8-24(9-11-27)19-34-17-14-31(30(34)37)12-15-33(16-13-31)20-26-21-35(29(36)18-23-6-7-23)22-28(26)25-4-2-1-3-5-25;/h1-5,8-11,23,26,28H,6-7,12-22H2;1H/t26-,28+;/m0./s1. The van der Waals surface area contributed by atoms with Crippen LogP contribution in [-0.4, -0.2) is 65.8 Å². The molecule has 0 unspecified atom stereocenters. The molecule has 3 aliphatic heterocycles. The van der Waals surface area contributed by atoms with Gasteiger partial charge in [0.25, 0.3) is 0 Å². The Balaban J connectivity index is 0.00000294. The van der Waals surface area contributed by atoms with Crippen LogP contribution in [-0.2, 0) is 16.1 Å². The maximum Gasteiger partial charge on any atom is 0.229 e. The molecule has 0 aromatic heterocycles. The number of hydrogen-bond donors (Lipinski definition) is 0. The van der Waals surface area contributed by atoms with Gasteiger partial charge in [-0.3, -0.25) is 9.59 Å². The van der Waals surface area contributed by atoms with E-state index in [0.29, 0.717) is 36.1 Å². The summed E-state index contributed by atoms with van der Waals surface area (Å²) in [6.07, 6.45) is 6.07. The molecule has 4 fully saturated rings. The summed E-state index contributed by atoms with van der Waals surface area (Å²) in [6.45, 7) is 6.26. The molecule has 0 bridgehead atoms. The number of halogens is 2. The zero-order valence-electron chi connectivity index (χ0n) is 22.1. The van der Waals surface area contributed by atoms with Gasteiger partial charge in [0.15, 0.2) is 0 Å². The van der Waals surface area contributed by atoms with Gasteiger partial charge in [-0.2, -0.15) is 0 Å². The van der Waals surface area contributed by atoms with Crippen molar-refractivity contribution < 1.29 is 9.59 Å². The van der Waals surface area contributed by atoms with Crippen molar-refractivity contribution in [2.24, 2.45) is 17.3 Å². The van der Waals surface area contributed by atoms with Crippen LogP contribution >= 0.6 is 28.3 Å². The molecular formula is C31H39BrClN3O2. The van der Waals surface area contributed by atoms with E-state index in [1.54, 1.807) is 0 Å². The molecule has 1 spiro atoms. The molecular weight excluding hydrogens is 562 g/mol. The highest BCUT2D eigenvalue weighted by atomic mass is 79.9. The van der Waals surface area contributed by atoms with E-state index >= 15 is 0 Å². The Labute approximate surface area is 241 Å². The third-order valence-electron chi connectivity index (χ3n) is 9.38. The van der Waals surface area contributed by atoms with Crippen LogP contribution in [0.2, 0.25) is 0 Å². The highest BCUT2D eigenvalue weighted by Gasteiger charge is 2.48. The number of piperidine rings is 1. The van der Waals surface area contributed by atoms with E-state index in [2.05, 4.69) is 85.2 Å². The molecule has 1 saturated carbocycles. The first-order valence-corrected chi connectivity index (χ1v) is 14.9. The molecule has 38 heavy (non-hydrogen) atoms. The van der Waals surface area contributed by atoms with Crippen molar-refractivity contribution in [2.45, 2.75) is 51.0 Å². The Bertz CT molecular complexity index is 1120. The van der Waals surface area contributed by atoms with Crippen LogP contribution in [0.5, 0.6) is 0 Å². The normalized spacial score (nSPS) is 25.1. The van der Waals surface area contributed by atoms with Gasteiger partial charge in [-0.25, -0.2) is 0 Å². The summed E-state index contributed by atoms with van der Waals surface area (Å²) in [5, 5.41) is 0. The average Bonchev–Trinajstić information content (AvgIpc) is 3.56. The maximum atomic E-state index is 13.5. The first-order chi connectivity index (χ1) is 18.0. The number of benzene rings is 2. The third-order valence-corrected chi connectivity index (χ3v) is 9.90. The molecule has 6 rings (SSSR count). The fourth-order valence-corrected chi connectivity index (χ4v) is 7.11. The van der Waals surface area contributed by atoms with Crippen LogP contribution in [0, 0.1) is 17.3 Å². The summed E-state index contributed by atoms with van der Waals surface area (Å²) in [4.78, 5) is 33.3. The fourth-order valence-electron chi connectivity index (χ4n) is 6.85. The Morgan fingerprint density at radius 3 is 2.29 bits per heavy atom. The quantitative estimate of drug-likeness (QED) is 0.408. The van der Waals surface area contributed by atoms with Crippen LogP contribution in [0.25, 0.3) is 0 Å². The van der Waals surface area contributed by atoms with Gasteiger partial charge in [0.1, 0.15) is 0 Å². The van der Waals surface area contributed by atoms with E-state index in [0.717, 1.165) is 69.4 Å². The zero-order chi connectivity index (χ0) is 25.4. The molecule has 2 amide bonds. The highest BCUT2D eigenvalue weighted by Crippen LogP contribution is 2.43. The lowest BCUT2D eigenvalue weighted by Crippen LogP contribution is -2.46. The first-order valence-electron chi connectivity index (χ1n) is 14.1. The van der Waals surface area contributed by atoms with Crippen molar-refractivity contribution in [3.8, 4) is 0 Å². The number of hydrogen-bond acceptors (Lipinski definition) is 3. The van der Waals surface area contributed by atoms with Crippen molar-refractivity contribution in [2.75, 3.05) is 39.3 Å². The largest absolute Gasteiger partial charge is 0.342 e. The second-order valence-corrected chi connectivity index (χ2v) is 12.8. The molecule has 0 N–H and O–H groups in total. The summed E-state index contributed by atoms with van der Waals surface area (Å²) < 4.78 is 1.07. The first kappa shape index (κ1) is 27.7. The molecule has 204 valence electrons. The molecule has 2 aromatic carbocycles. The summed E-state index contributed by atoms with van der Waals surface area (Å²) in [6, 6.07) is 19.1. The van der Waals surface area contributed by atoms with Gasteiger partial charge in [-0.1, -0.05) is 58.4 Å². The minimum absolute atomic E-state index is 0. The fraction of sp³-hybridized carbons (Fsp3) is 0.548. The maximum absolute atomic E-state index is 13.5. The Hall–Kier alpha value is -1.89. The Kier molecular flexibility index (Phi) is 8.51. The van der Waals surface area contributed by atoms with Crippen molar-refractivity contribution in [3.05, 3.63) is 70.2 Å². The lowest BCUT2D eigenvalue weighted by molar-refractivity contribution is -0.139. The second kappa shape index (κ2) is 11.7. The second-order valence-electron chi connectivity index (χ2n) is 11.9. The van der Waals surface area contributed by atoms with Crippen LogP contribution in [0.1, 0.15) is 55.6 Å². The smallest absolute Gasteiger partial charge is 0.229 e. The Morgan fingerprint density at radius 1 is 0.921 bits per heavy atom. The number of nitrogens with zero attached hydrogens (tertiary/aromatic N) is 3. The number of amides is 2. The molecule has 2 aromatic rings. The Morgan fingerprint density at radius 2 is 1.61 bits per heavy atom. The number of likely N-dealkylation sites (tertiary alicyclic amines) is 3. The average molecular weight is 601 g/mol. The van der Waals surface area contributed by atoms with Gasteiger partial charge in [0, 0.05) is 49.5 Å². The predicted octanol–water partition coefficient (Wildman–Crippen LogP) is 5.73. The molecule has 1 aliphatic carbocycles. The van der Waals surface area contributed by atoms with E-state index in [1.165, 1.54) is 24.0 Å². The predicted molar refractivity (Wildman–Crippen MR) is 156 cm³/mol. The van der Waals surface area contributed by atoms with E-state index in [-0.39, 0.29) is 17.8 Å². The van der Waals surface area contributed by atoms with Crippen molar-refractivity contribution in [3.63, 3.8) is 0 Å². The van der Waals surface area contributed by atoms with E-state index < -0.39 is 0 Å². The van der Waals surface area contributed by atoms with E-state index in [1.807, 2.05) is 0 Å². The summed E-state index contributed by atoms with van der Waals surface area (Å²) in [5.74, 6) is 2.19. The lowest BCUT2D eigenvalue weighted by Gasteiger charge is -2.39. The van der Waals surface area contributed by atoms with Crippen LogP contribution in [0.3, 0.4) is 0 Å². The molecule has 0 radical (unpaired) electrons. The topological polar surface area (TPSA) is 43.9 Å². The monoisotopic (exact) mass is 599 g/mol. The zero-order valence-corrected chi connectivity index (χ0v) is 24.5. The van der Waals surface area contributed by atoms with Crippen LogP contribution < -0.4 is 0 Å². The van der Waals surface area contributed by atoms with Crippen molar-refractivity contribution >= 4 is 40.2 Å². The van der Waals surface area contributed by atoms with Gasteiger partial charge in [0.05, 0.1) is 5.41 Å². The van der Waals surface area contributed by atoms with Gasteiger partial charge in [0.2, 0.25) is 11.8 Å². The molecule has 2 atom stereocenters. The van der Waals surface area contributed by atoms with Crippen LogP contribution in [0.4, 0.5) is 0 Å². The van der Waals surface area contributed by atoms with Gasteiger partial charge in [-0.15, -0.1) is 12.4 Å². The number of rotatable bonds is 7. The number of carbonyl (C=O) groups is 2. The van der Waals surface area contributed by atoms with Gasteiger partial charge in [-0.05, 0) is 80.3 Å². The minimum Gasteiger partial charge on any atom is -0.342 e. The molecule has 4 aliphatic rings. The highest BCUT2D eigenvalue weighted by molar-refractivity contribution is 9.10. The third kappa shape index (κ3) is 5.97. The van der Waals surface area contributed by atoms with E-state index in [9.17, 15) is 9.59 Å². The molecule has 3 saturated heterocycles. The number of carbonyl (C=O) groups excluding carboxylic acids is 2. The summed E-state index contributed by atoms with van der Waals surface area (Å²) in [7, 11) is 0. The SMILES string of the molecule is Cl.O=C(CC1CC1)N1C[C@H](CN2CCC3(CC2)CCN(Cc2ccc(Br)cc2)C3=O)[C@@H](c2ccccc2)C1. The molecule has 3 heterocycles. The minimum atomic E-state index is -0.174. The van der Waals surface area contributed by atoms with E-state index in [4.69, 9.17) is 0 Å². The van der Waals surface area contributed by atoms with Crippen molar-refractivity contribution in [1.29, 1.82) is 0 Å². The summed E-state index contributed by atoms with van der Waals surface area (Å²) in [5.41, 5.74) is 2.38. The van der Waals surface area contributed by atoms with Crippen LogP contribution in [0.15, 0.2) is 59.1 Å². The molecule has 5 nitrogen and oxygen atoms in total. The molecule has 7 heteroatoms. The lowest BCUT2D eigenvalue weighted by atomic mass is 9.76. The van der Waals surface area contributed by atoms with Gasteiger partial charge >= 0.3 is 0 Å². The van der Waals surface area contributed by atoms with Crippen molar-refractivity contribution in [1.82, 2.24) is 14.7 Å². The van der Waals surface area contributed by atoms with Gasteiger partial charge < -0.3 is 14.7 Å². The summed E-state index contributed by atoms with van der Waals surface area (Å²) >= 11 is 3.50.